The van der Waals surface area contributed by atoms with Crippen LogP contribution < -0.4 is 4.90 Å². The molecule has 0 aromatic heterocycles. The van der Waals surface area contributed by atoms with Crippen LogP contribution >= 0.6 is 0 Å². The third kappa shape index (κ3) is 3.13. The van der Waals surface area contributed by atoms with Crippen LogP contribution in [0, 0.1) is 15.9 Å². The van der Waals surface area contributed by atoms with Gasteiger partial charge in [-0.2, -0.15) is 0 Å². The van der Waals surface area contributed by atoms with E-state index in [1.54, 1.807) is 0 Å². The summed E-state index contributed by atoms with van der Waals surface area (Å²) in [5.41, 5.74) is -0.238. The fourth-order valence-corrected chi connectivity index (χ4v) is 1.31. The van der Waals surface area contributed by atoms with Crippen molar-refractivity contribution in [2.24, 2.45) is 0 Å². The average Bonchev–Trinajstić information content (AvgIpc) is 2.28. The summed E-state index contributed by atoms with van der Waals surface area (Å²) in [4.78, 5) is 22.4. The van der Waals surface area contributed by atoms with Gasteiger partial charge in [0.25, 0.3) is 5.69 Å². The molecule has 0 unspecified atom stereocenters. The van der Waals surface area contributed by atoms with Crippen molar-refractivity contribution in [2.75, 3.05) is 25.6 Å². The second-order valence-corrected chi connectivity index (χ2v) is 3.32. The maximum Gasteiger partial charge on any atom is 0.325 e. The lowest BCUT2D eigenvalue weighted by atomic mass is 10.2. The summed E-state index contributed by atoms with van der Waals surface area (Å²) in [5, 5.41) is 10.7. The first-order chi connectivity index (χ1) is 7.95. The number of nitro benzene ring substituents is 1. The van der Waals surface area contributed by atoms with Crippen LogP contribution in [-0.4, -0.2) is 31.6 Å². The summed E-state index contributed by atoms with van der Waals surface area (Å²) in [7, 11) is 2.70. The van der Waals surface area contributed by atoms with Crippen molar-refractivity contribution in [1.82, 2.24) is 0 Å². The number of rotatable bonds is 4. The van der Waals surface area contributed by atoms with Gasteiger partial charge in [-0.15, -0.1) is 0 Å². The molecule has 17 heavy (non-hydrogen) atoms. The third-order valence-corrected chi connectivity index (χ3v) is 2.14. The largest absolute Gasteiger partial charge is 0.468 e. The minimum Gasteiger partial charge on any atom is -0.468 e. The molecular formula is C10H11FN2O4. The fraction of sp³-hybridized carbons (Fsp3) is 0.300. The summed E-state index contributed by atoms with van der Waals surface area (Å²) in [6.45, 7) is -0.150. The number of carbonyl (C=O) groups excluding carboxylic acids is 1. The van der Waals surface area contributed by atoms with Crippen LogP contribution in [0.3, 0.4) is 0 Å². The zero-order valence-corrected chi connectivity index (χ0v) is 9.34. The third-order valence-electron chi connectivity index (χ3n) is 2.14. The molecule has 0 N–H and O–H groups in total. The van der Waals surface area contributed by atoms with E-state index in [0.29, 0.717) is 0 Å². The van der Waals surface area contributed by atoms with E-state index >= 15 is 0 Å². The maximum atomic E-state index is 12.9. The molecule has 1 aromatic carbocycles. The Balaban J connectivity index is 3.04. The lowest BCUT2D eigenvalue weighted by molar-refractivity contribution is -0.384. The van der Waals surface area contributed by atoms with E-state index in [0.717, 1.165) is 12.1 Å². The van der Waals surface area contributed by atoms with Crippen LogP contribution in [0.1, 0.15) is 0 Å². The molecule has 7 heteroatoms. The Hall–Kier alpha value is -2.18. The van der Waals surface area contributed by atoms with Crippen molar-refractivity contribution in [3.05, 3.63) is 34.1 Å². The van der Waals surface area contributed by atoms with E-state index in [1.807, 2.05) is 0 Å². The molecule has 0 fully saturated rings. The first-order valence-corrected chi connectivity index (χ1v) is 4.67. The minimum atomic E-state index is -0.702. The van der Waals surface area contributed by atoms with E-state index in [1.165, 1.54) is 25.1 Å². The standard InChI is InChI=1S/C10H11FN2O4/c1-12(6-10(14)17-2)8-4-3-7(11)5-9(8)13(15)16/h3-5H,6H2,1-2H3. The number of anilines is 1. The summed E-state index contributed by atoms with van der Waals surface area (Å²) < 4.78 is 17.3. The van der Waals surface area contributed by atoms with Crippen LogP contribution in [0.4, 0.5) is 15.8 Å². The fourth-order valence-electron chi connectivity index (χ4n) is 1.31. The zero-order valence-electron chi connectivity index (χ0n) is 9.34. The second-order valence-electron chi connectivity index (χ2n) is 3.32. The van der Waals surface area contributed by atoms with Crippen LogP contribution in [-0.2, 0) is 9.53 Å². The number of nitro groups is 1. The van der Waals surface area contributed by atoms with Gasteiger partial charge in [0.05, 0.1) is 18.1 Å². The average molecular weight is 242 g/mol. The van der Waals surface area contributed by atoms with Gasteiger partial charge >= 0.3 is 5.97 Å². The van der Waals surface area contributed by atoms with Crippen molar-refractivity contribution < 1.29 is 18.8 Å². The molecule has 0 aliphatic heterocycles. The molecule has 0 heterocycles. The summed E-state index contributed by atoms with van der Waals surface area (Å²) in [6.07, 6.45) is 0. The monoisotopic (exact) mass is 242 g/mol. The van der Waals surface area contributed by atoms with E-state index in [-0.39, 0.29) is 12.2 Å². The number of likely N-dealkylation sites (N-methyl/N-ethyl adjacent to an activating group) is 1. The first-order valence-electron chi connectivity index (χ1n) is 4.67. The lowest BCUT2D eigenvalue weighted by Crippen LogP contribution is -2.27. The SMILES string of the molecule is COC(=O)CN(C)c1ccc(F)cc1[N+](=O)[O-]. The van der Waals surface area contributed by atoms with Gasteiger partial charge < -0.3 is 9.64 Å². The van der Waals surface area contributed by atoms with Gasteiger partial charge in [0.1, 0.15) is 18.0 Å². The first kappa shape index (κ1) is 12.9. The highest BCUT2D eigenvalue weighted by Gasteiger charge is 2.19. The molecule has 0 saturated heterocycles. The zero-order chi connectivity index (χ0) is 13.0. The predicted molar refractivity (Wildman–Crippen MR) is 58.3 cm³/mol. The van der Waals surface area contributed by atoms with Crippen LogP contribution in [0.5, 0.6) is 0 Å². The van der Waals surface area contributed by atoms with Crippen molar-refractivity contribution in [1.29, 1.82) is 0 Å². The number of nitrogens with zero attached hydrogens (tertiary/aromatic N) is 2. The van der Waals surface area contributed by atoms with Crippen molar-refractivity contribution >= 4 is 17.3 Å². The van der Waals surface area contributed by atoms with E-state index < -0.39 is 22.4 Å². The Morgan fingerprint density at radius 3 is 2.76 bits per heavy atom. The molecule has 0 bridgehead atoms. The van der Waals surface area contributed by atoms with E-state index in [4.69, 9.17) is 0 Å². The number of hydrogen-bond acceptors (Lipinski definition) is 5. The molecule has 1 rings (SSSR count). The van der Waals surface area contributed by atoms with E-state index in [2.05, 4.69) is 4.74 Å². The molecule has 1 aromatic rings. The molecule has 0 aliphatic rings. The normalized spacial score (nSPS) is 9.82. The number of ether oxygens (including phenoxy) is 1. The number of carbonyl (C=O) groups is 1. The van der Waals surface area contributed by atoms with Crippen molar-refractivity contribution in [2.45, 2.75) is 0 Å². The smallest absolute Gasteiger partial charge is 0.325 e. The Morgan fingerprint density at radius 1 is 1.59 bits per heavy atom. The van der Waals surface area contributed by atoms with Gasteiger partial charge in [-0.25, -0.2) is 4.39 Å². The molecular weight excluding hydrogens is 231 g/mol. The molecule has 0 amide bonds. The van der Waals surface area contributed by atoms with E-state index in [9.17, 15) is 19.3 Å². The second kappa shape index (κ2) is 5.24. The molecule has 0 atom stereocenters. The highest BCUT2D eigenvalue weighted by Crippen LogP contribution is 2.27. The number of benzene rings is 1. The molecule has 0 radical (unpaired) electrons. The highest BCUT2D eigenvalue weighted by molar-refractivity contribution is 5.77. The molecule has 92 valence electrons. The predicted octanol–water partition coefficient (Wildman–Crippen LogP) is 1.34. The van der Waals surface area contributed by atoms with Crippen LogP contribution in [0.2, 0.25) is 0 Å². The Bertz CT molecular complexity index is 450. The van der Waals surface area contributed by atoms with Gasteiger partial charge in [-0.3, -0.25) is 14.9 Å². The van der Waals surface area contributed by atoms with Crippen molar-refractivity contribution in [3.63, 3.8) is 0 Å². The van der Waals surface area contributed by atoms with Gasteiger partial charge in [0.15, 0.2) is 0 Å². The lowest BCUT2D eigenvalue weighted by Gasteiger charge is -2.17. The Morgan fingerprint density at radius 2 is 2.24 bits per heavy atom. The quantitative estimate of drug-likeness (QED) is 0.452. The van der Waals surface area contributed by atoms with Crippen LogP contribution in [0.15, 0.2) is 18.2 Å². The summed E-state index contributed by atoms with van der Waals surface area (Å²) in [5.74, 6) is -1.24. The van der Waals surface area contributed by atoms with Gasteiger partial charge in [-0.05, 0) is 12.1 Å². The Kier molecular flexibility index (Phi) is 3.97. The van der Waals surface area contributed by atoms with Gasteiger partial charge in [0, 0.05) is 7.05 Å². The molecule has 0 aliphatic carbocycles. The topological polar surface area (TPSA) is 72.7 Å². The van der Waals surface area contributed by atoms with Crippen LogP contribution in [0.25, 0.3) is 0 Å². The number of esters is 1. The maximum absolute atomic E-state index is 12.9. The number of halogens is 1. The number of methoxy groups -OCH3 is 1. The highest BCUT2D eigenvalue weighted by atomic mass is 19.1. The molecule has 6 nitrogen and oxygen atoms in total. The van der Waals surface area contributed by atoms with Gasteiger partial charge in [-0.1, -0.05) is 0 Å². The summed E-state index contributed by atoms with van der Waals surface area (Å²) >= 11 is 0. The van der Waals surface area contributed by atoms with Crippen molar-refractivity contribution in [3.8, 4) is 0 Å². The summed E-state index contributed by atoms with van der Waals surface area (Å²) in [6, 6.07) is 3.15. The number of hydrogen-bond donors (Lipinski definition) is 0. The van der Waals surface area contributed by atoms with Gasteiger partial charge in [0.2, 0.25) is 0 Å². The molecule has 0 spiro atoms. The molecule has 0 saturated carbocycles. The minimum absolute atomic E-state index is 0.150. The Labute approximate surface area is 96.7 Å².